The summed E-state index contributed by atoms with van der Waals surface area (Å²) in [5, 5.41) is 8.87. The van der Waals surface area contributed by atoms with E-state index in [-0.39, 0.29) is 12.5 Å². The second kappa shape index (κ2) is 7.54. The highest BCUT2D eigenvalue weighted by atomic mass is 16.3. The van der Waals surface area contributed by atoms with Crippen LogP contribution >= 0.6 is 0 Å². The summed E-state index contributed by atoms with van der Waals surface area (Å²) in [6.45, 7) is 5.71. The Balaban J connectivity index is 1.91. The van der Waals surface area contributed by atoms with Crippen LogP contribution < -0.4 is 0 Å². The van der Waals surface area contributed by atoms with Crippen molar-refractivity contribution in [2.75, 3.05) is 53.4 Å². The molecule has 1 aromatic rings. The zero-order chi connectivity index (χ0) is 15.2. The van der Waals surface area contributed by atoms with Gasteiger partial charge in [0.05, 0.1) is 6.61 Å². The first-order valence-electron chi connectivity index (χ1n) is 7.46. The van der Waals surface area contributed by atoms with Gasteiger partial charge in [0.1, 0.15) is 0 Å². The van der Waals surface area contributed by atoms with Crippen molar-refractivity contribution in [2.45, 2.75) is 6.54 Å². The molecular formula is C16H25N3O2. The summed E-state index contributed by atoms with van der Waals surface area (Å²) in [5.74, 6) is -0.0461. The molecule has 0 aromatic heterocycles. The van der Waals surface area contributed by atoms with Gasteiger partial charge in [-0.1, -0.05) is 12.1 Å². The molecular weight excluding hydrogens is 266 g/mol. The van der Waals surface area contributed by atoms with Gasteiger partial charge in [-0.3, -0.25) is 9.69 Å². The number of amides is 1. The van der Waals surface area contributed by atoms with Crippen LogP contribution in [0.3, 0.4) is 0 Å². The molecule has 0 atom stereocenters. The Labute approximate surface area is 126 Å². The van der Waals surface area contributed by atoms with E-state index in [2.05, 4.69) is 16.8 Å². The number of carbonyl (C=O) groups excluding carboxylic acids is 1. The molecule has 2 rings (SSSR count). The quantitative estimate of drug-likeness (QED) is 0.858. The number of rotatable bonds is 5. The van der Waals surface area contributed by atoms with Gasteiger partial charge in [0.25, 0.3) is 5.91 Å². The van der Waals surface area contributed by atoms with Crippen molar-refractivity contribution in [2.24, 2.45) is 0 Å². The lowest BCUT2D eigenvalue weighted by molar-refractivity contribution is 0.0767. The third-order valence-corrected chi connectivity index (χ3v) is 3.99. The van der Waals surface area contributed by atoms with Crippen molar-refractivity contribution in [1.29, 1.82) is 0 Å². The van der Waals surface area contributed by atoms with Gasteiger partial charge in [0.15, 0.2) is 0 Å². The van der Waals surface area contributed by atoms with Crippen molar-refractivity contribution in [3.63, 3.8) is 0 Å². The second-order valence-corrected chi connectivity index (χ2v) is 5.73. The predicted molar refractivity (Wildman–Crippen MR) is 83.3 cm³/mol. The SMILES string of the molecule is CN1CCN(Cc2ccc(C(=O)N(C)CCO)cc2)CC1. The van der Waals surface area contributed by atoms with E-state index in [0.29, 0.717) is 12.1 Å². The maximum atomic E-state index is 12.1. The summed E-state index contributed by atoms with van der Waals surface area (Å²) in [6, 6.07) is 7.81. The van der Waals surface area contributed by atoms with Gasteiger partial charge >= 0.3 is 0 Å². The number of hydrogen-bond acceptors (Lipinski definition) is 4. The first-order chi connectivity index (χ1) is 10.1. The van der Waals surface area contributed by atoms with Crippen LogP contribution in [0.4, 0.5) is 0 Å². The largest absolute Gasteiger partial charge is 0.395 e. The summed E-state index contributed by atoms with van der Waals surface area (Å²) < 4.78 is 0. The molecule has 21 heavy (non-hydrogen) atoms. The van der Waals surface area contributed by atoms with Crippen LogP contribution in [-0.4, -0.2) is 79.1 Å². The molecule has 1 amide bonds. The Kier molecular flexibility index (Phi) is 5.73. The van der Waals surface area contributed by atoms with E-state index in [1.54, 1.807) is 7.05 Å². The van der Waals surface area contributed by atoms with E-state index in [4.69, 9.17) is 5.11 Å². The number of piperazine rings is 1. The summed E-state index contributed by atoms with van der Waals surface area (Å²) in [6.07, 6.45) is 0. The minimum atomic E-state index is -0.0461. The topological polar surface area (TPSA) is 47.0 Å². The van der Waals surface area contributed by atoms with Crippen LogP contribution in [0.2, 0.25) is 0 Å². The highest BCUT2D eigenvalue weighted by molar-refractivity contribution is 5.94. The fourth-order valence-corrected chi connectivity index (χ4v) is 2.49. The van der Waals surface area contributed by atoms with Crippen molar-refractivity contribution in [3.8, 4) is 0 Å². The lowest BCUT2D eigenvalue weighted by atomic mass is 10.1. The van der Waals surface area contributed by atoms with Crippen LogP contribution in [0.25, 0.3) is 0 Å². The maximum Gasteiger partial charge on any atom is 0.253 e. The number of nitrogens with zero attached hydrogens (tertiary/aromatic N) is 3. The van der Waals surface area contributed by atoms with E-state index in [1.165, 1.54) is 10.5 Å². The molecule has 5 heteroatoms. The van der Waals surface area contributed by atoms with Crippen LogP contribution in [0.1, 0.15) is 15.9 Å². The molecule has 1 fully saturated rings. The lowest BCUT2D eigenvalue weighted by Crippen LogP contribution is -2.43. The molecule has 1 saturated heterocycles. The van der Waals surface area contributed by atoms with Crippen LogP contribution in [0, 0.1) is 0 Å². The average molecular weight is 291 g/mol. The Morgan fingerprint density at radius 1 is 1.19 bits per heavy atom. The molecule has 0 saturated carbocycles. The zero-order valence-electron chi connectivity index (χ0n) is 13.0. The molecule has 0 spiro atoms. The van der Waals surface area contributed by atoms with Crippen LogP contribution in [0.15, 0.2) is 24.3 Å². The van der Waals surface area contributed by atoms with Crippen LogP contribution in [0.5, 0.6) is 0 Å². The fourth-order valence-electron chi connectivity index (χ4n) is 2.49. The van der Waals surface area contributed by atoms with Gasteiger partial charge in [-0.25, -0.2) is 0 Å². The number of likely N-dealkylation sites (N-methyl/N-ethyl adjacent to an activating group) is 2. The Morgan fingerprint density at radius 2 is 1.81 bits per heavy atom. The Bertz CT molecular complexity index is 453. The lowest BCUT2D eigenvalue weighted by Gasteiger charge is -2.32. The molecule has 0 unspecified atom stereocenters. The molecule has 0 radical (unpaired) electrons. The zero-order valence-corrected chi connectivity index (χ0v) is 13.0. The smallest absolute Gasteiger partial charge is 0.253 e. The number of hydrogen-bond donors (Lipinski definition) is 1. The first-order valence-corrected chi connectivity index (χ1v) is 7.46. The van der Waals surface area contributed by atoms with Gasteiger partial charge in [-0.15, -0.1) is 0 Å². The van der Waals surface area contributed by atoms with Crippen LogP contribution in [-0.2, 0) is 6.54 Å². The Morgan fingerprint density at radius 3 is 2.38 bits per heavy atom. The van der Waals surface area contributed by atoms with E-state index in [0.717, 1.165) is 32.7 Å². The molecule has 1 aliphatic rings. The second-order valence-electron chi connectivity index (χ2n) is 5.73. The normalized spacial score (nSPS) is 16.9. The van der Waals surface area contributed by atoms with Crippen molar-refractivity contribution in [3.05, 3.63) is 35.4 Å². The molecule has 1 aromatic carbocycles. The Hall–Kier alpha value is -1.43. The first kappa shape index (κ1) is 15.9. The molecule has 5 nitrogen and oxygen atoms in total. The van der Waals surface area contributed by atoms with Gasteiger partial charge in [0, 0.05) is 51.9 Å². The maximum absolute atomic E-state index is 12.1. The fraction of sp³-hybridized carbons (Fsp3) is 0.562. The molecule has 1 aliphatic heterocycles. The number of benzene rings is 1. The highest BCUT2D eigenvalue weighted by Crippen LogP contribution is 2.11. The summed E-state index contributed by atoms with van der Waals surface area (Å²) in [5.41, 5.74) is 1.91. The van der Waals surface area contributed by atoms with Gasteiger partial charge in [-0.05, 0) is 24.7 Å². The minimum Gasteiger partial charge on any atom is -0.395 e. The third-order valence-electron chi connectivity index (χ3n) is 3.99. The molecule has 0 aliphatic carbocycles. The van der Waals surface area contributed by atoms with Crippen molar-refractivity contribution >= 4 is 5.91 Å². The van der Waals surface area contributed by atoms with Gasteiger partial charge < -0.3 is 14.9 Å². The summed E-state index contributed by atoms with van der Waals surface area (Å²) in [4.78, 5) is 18.4. The van der Waals surface area contributed by atoms with E-state index in [9.17, 15) is 4.79 Å². The predicted octanol–water partition coefficient (Wildman–Crippen LogP) is 0.498. The third kappa shape index (κ3) is 4.52. The minimum absolute atomic E-state index is 0.0102. The highest BCUT2D eigenvalue weighted by Gasteiger charge is 2.14. The van der Waals surface area contributed by atoms with Crippen molar-refractivity contribution < 1.29 is 9.90 Å². The van der Waals surface area contributed by atoms with E-state index >= 15 is 0 Å². The molecule has 1 N–H and O–H groups in total. The van der Waals surface area contributed by atoms with Crippen molar-refractivity contribution in [1.82, 2.24) is 14.7 Å². The van der Waals surface area contributed by atoms with Gasteiger partial charge in [0.2, 0.25) is 0 Å². The monoisotopic (exact) mass is 291 g/mol. The van der Waals surface area contributed by atoms with E-state index in [1.807, 2.05) is 24.3 Å². The average Bonchev–Trinajstić information content (AvgIpc) is 2.50. The van der Waals surface area contributed by atoms with E-state index < -0.39 is 0 Å². The molecule has 1 heterocycles. The van der Waals surface area contributed by atoms with Gasteiger partial charge in [-0.2, -0.15) is 0 Å². The molecule has 0 bridgehead atoms. The summed E-state index contributed by atoms with van der Waals surface area (Å²) in [7, 11) is 3.86. The number of aliphatic hydroxyl groups is 1. The number of carbonyl (C=O) groups is 1. The summed E-state index contributed by atoms with van der Waals surface area (Å²) >= 11 is 0. The molecule has 116 valence electrons. The standard InChI is InChI=1S/C16H25N3O2/c1-17-7-9-19(10-8-17)13-14-3-5-15(6-4-14)16(21)18(2)11-12-20/h3-6,20H,7-13H2,1-2H3. The number of aliphatic hydroxyl groups excluding tert-OH is 1.